The van der Waals surface area contributed by atoms with Crippen LogP contribution in [0.1, 0.15) is 0 Å². The van der Waals surface area contributed by atoms with Gasteiger partial charge in [-0.25, -0.2) is 0 Å². The van der Waals surface area contributed by atoms with Gasteiger partial charge in [0.15, 0.2) is 5.82 Å². The predicted octanol–water partition coefficient (Wildman–Crippen LogP) is 3.03. The minimum Gasteiger partial charge on any atom is -0.381 e. The number of rotatable bonds is 1. The van der Waals surface area contributed by atoms with Crippen molar-refractivity contribution in [3.05, 3.63) is 40.4 Å². The molecule has 76 valence electrons. The Kier molecular flexibility index (Phi) is 2.75. The fraction of sp³-hybridized carbons (Fsp3) is 0. The van der Waals surface area contributed by atoms with E-state index in [1.165, 1.54) is 0 Å². The fourth-order valence-corrected chi connectivity index (χ4v) is 1.41. The lowest BCUT2D eigenvalue weighted by Crippen LogP contribution is -1.95. The summed E-state index contributed by atoms with van der Waals surface area (Å²) in [5.74, 6) is 0.231. The van der Waals surface area contributed by atoms with E-state index in [1.54, 1.807) is 18.2 Å². The average Bonchev–Trinajstić information content (AvgIpc) is 2.23. The van der Waals surface area contributed by atoms with Crippen molar-refractivity contribution < 1.29 is 0 Å². The number of nitrogens with two attached hydrogens (primary N) is 1. The van der Waals surface area contributed by atoms with Gasteiger partial charge in [0.1, 0.15) is 0 Å². The molecule has 0 bridgehead atoms. The molecule has 1 heterocycles. The van der Waals surface area contributed by atoms with Gasteiger partial charge in [0.25, 0.3) is 0 Å². The SMILES string of the molecule is Nc1nnc(-c2ccc(Cl)cc2)cc1Cl. The Labute approximate surface area is 96.8 Å². The van der Waals surface area contributed by atoms with Crippen molar-refractivity contribution in [2.24, 2.45) is 0 Å². The summed E-state index contributed by atoms with van der Waals surface area (Å²) in [6.07, 6.45) is 0. The maximum atomic E-state index is 5.84. The molecule has 0 amide bonds. The van der Waals surface area contributed by atoms with Crippen LogP contribution in [-0.4, -0.2) is 10.2 Å². The first-order valence-corrected chi connectivity index (χ1v) is 4.97. The van der Waals surface area contributed by atoms with Gasteiger partial charge in [0.2, 0.25) is 0 Å². The second kappa shape index (κ2) is 4.04. The Morgan fingerprint density at radius 1 is 1.00 bits per heavy atom. The molecule has 0 atom stereocenters. The largest absolute Gasteiger partial charge is 0.381 e. The van der Waals surface area contributed by atoms with E-state index in [0.717, 1.165) is 5.56 Å². The van der Waals surface area contributed by atoms with Crippen LogP contribution in [0.15, 0.2) is 30.3 Å². The van der Waals surface area contributed by atoms with Gasteiger partial charge in [-0.2, -0.15) is 0 Å². The highest BCUT2D eigenvalue weighted by Crippen LogP contribution is 2.23. The van der Waals surface area contributed by atoms with Gasteiger partial charge in [0, 0.05) is 10.6 Å². The van der Waals surface area contributed by atoms with E-state index < -0.39 is 0 Å². The monoisotopic (exact) mass is 239 g/mol. The van der Waals surface area contributed by atoms with E-state index in [-0.39, 0.29) is 5.82 Å². The second-order valence-electron chi connectivity index (χ2n) is 2.97. The number of halogens is 2. The van der Waals surface area contributed by atoms with Crippen LogP contribution in [0.2, 0.25) is 10.0 Å². The summed E-state index contributed by atoms with van der Waals surface area (Å²) in [7, 11) is 0. The van der Waals surface area contributed by atoms with Gasteiger partial charge in [-0.3, -0.25) is 0 Å². The molecule has 0 saturated heterocycles. The second-order valence-corrected chi connectivity index (χ2v) is 3.81. The summed E-state index contributed by atoms with van der Waals surface area (Å²) in [5, 5.41) is 8.75. The molecule has 0 aliphatic rings. The highest BCUT2D eigenvalue weighted by Gasteiger charge is 2.03. The van der Waals surface area contributed by atoms with Crippen molar-refractivity contribution in [2.75, 3.05) is 5.73 Å². The van der Waals surface area contributed by atoms with E-state index in [1.807, 2.05) is 12.1 Å². The molecule has 1 aromatic carbocycles. The first kappa shape index (κ1) is 10.2. The van der Waals surface area contributed by atoms with Gasteiger partial charge in [0.05, 0.1) is 10.7 Å². The zero-order chi connectivity index (χ0) is 10.8. The zero-order valence-corrected chi connectivity index (χ0v) is 9.13. The molecule has 15 heavy (non-hydrogen) atoms. The Morgan fingerprint density at radius 2 is 1.67 bits per heavy atom. The first-order valence-electron chi connectivity index (χ1n) is 4.21. The molecule has 0 aliphatic carbocycles. The summed E-state index contributed by atoms with van der Waals surface area (Å²) in [6.45, 7) is 0. The van der Waals surface area contributed by atoms with Gasteiger partial charge in [-0.05, 0) is 18.2 Å². The molecule has 2 aromatic rings. The number of anilines is 1. The molecule has 5 heteroatoms. The van der Waals surface area contributed by atoms with Gasteiger partial charge in [-0.1, -0.05) is 35.3 Å². The average molecular weight is 240 g/mol. The number of hydrogen-bond donors (Lipinski definition) is 1. The third-order valence-electron chi connectivity index (χ3n) is 1.91. The van der Waals surface area contributed by atoms with Crippen molar-refractivity contribution in [1.29, 1.82) is 0 Å². The van der Waals surface area contributed by atoms with Crippen LogP contribution in [0.3, 0.4) is 0 Å². The molecule has 3 nitrogen and oxygen atoms in total. The van der Waals surface area contributed by atoms with Crippen LogP contribution < -0.4 is 5.73 Å². The van der Waals surface area contributed by atoms with E-state index in [2.05, 4.69) is 10.2 Å². The molecular formula is C10H7Cl2N3. The molecule has 0 radical (unpaired) electrons. The van der Waals surface area contributed by atoms with E-state index in [4.69, 9.17) is 28.9 Å². The lowest BCUT2D eigenvalue weighted by Gasteiger charge is -2.01. The minimum atomic E-state index is 0.231. The standard InChI is InChI=1S/C10H7Cl2N3/c11-7-3-1-6(2-4-7)9-5-8(12)10(13)15-14-9/h1-5H,(H2,13,15). The number of nitrogen functional groups attached to an aromatic ring is 1. The molecular weight excluding hydrogens is 233 g/mol. The molecule has 0 aliphatic heterocycles. The quantitative estimate of drug-likeness (QED) is 0.833. The number of nitrogens with zero attached hydrogens (tertiary/aromatic N) is 2. The molecule has 0 spiro atoms. The Bertz CT molecular complexity index is 483. The van der Waals surface area contributed by atoms with E-state index >= 15 is 0 Å². The highest BCUT2D eigenvalue weighted by molar-refractivity contribution is 6.33. The van der Waals surface area contributed by atoms with Crippen molar-refractivity contribution in [1.82, 2.24) is 10.2 Å². The Hall–Kier alpha value is -1.32. The Morgan fingerprint density at radius 3 is 2.27 bits per heavy atom. The summed E-state index contributed by atoms with van der Waals surface area (Å²) in [6, 6.07) is 8.93. The minimum absolute atomic E-state index is 0.231. The molecule has 2 N–H and O–H groups in total. The van der Waals surface area contributed by atoms with Crippen LogP contribution in [0, 0.1) is 0 Å². The van der Waals surface area contributed by atoms with Gasteiger partial charge >= 0.3 is 0 Å². The zero-order valence-electron chi connectivity index (χ0n) is 7.61. The van der Waals surface area contributed by atoms with Crippen LogP contribution in [0.25, 0.3) is 11.3 Å². The smallest absolute Gasteiger partial charge is 0.164 e. The van der Waals surface area contributed by atoms with E-state index in [0.29, 0.717) is 15.7 Å². The normalized spacial score (nSPS) is 10.3. The third-order valence-corrected chi connectivity index (χ3v) is 2.47. The van der Waals surface area contributed by atoms with Gasteiger partial charge in [-0.15, -0.1) is 10.2 Å². The number of hydrogen-bond acceptors (Lipinski definition) is 3. The molecule has 2 rings (SSSR count). The first-order chi connectivity index (χ1) is 7.16. The van der Waals surface area contributed by atoms with Gasteiger partial charge < -0.3 is 5.73 Å². The molecule has 0 saturated carbocycles. The number of aromatic nitrogens is 2. The lowest BCUT2D eigenvalue weighted by molar-refractivity contribution is 1.05. The molecule has 0 unspecified atom stereocenters. The fourth-order valence-electron chi connectivity index (χ4n) is 1.14. The summed E-state index contributed by atoms with van der Waals surface area (Å²) < 4.78 is 0. The molecule has 1 aromatic heterocycles. The number of benzene rings is 1. The maximum Gasteiger partial charge on any atom is 0.164 e. The van der Waals surface area contributed by atoms with Crippen molar-refractivity contribution in [2.45, 2.75) is 0 Å². The topological polar surface area (TPSA) is 51.8 Å². The predicted molar refractivity (Wildman–Crippen MR) is 61.9 cm³/mol. The van der Waals surface area contributed by atoms with Crippen LogP contribution in [0.4, 0.5) is 5.82 Å². The maximum absolute atomic E-state index is 5.84. The summed E-state index contributed by atoms with van der Waals surface area (Å²) in [4.78, 5) is 0. The third kappa shape index (κ3) is 2.19. The highest BCUT2D eigenvalue weighted by atomic mass is 35.5. The van der Waals surface area contributed by atoms with Crippen molar-refractivity contribution in [3.8, 4) is 11.3 Å². The van der Waals surface area contributed by atoms with Crippen molar-refractivity contribution >= 4 is 29.0 Å². The molecule has 0 fully saturated rings. The van der Waals surface area contributed by atoms with Crippen molar-refractivity contribution in [3.63, 3.8) is 0 Å². The van der Waals surface area contributed by atoms with Crippen LogP contribution >= 0.6 is 23.2 Å². The lowest BCUT2D eigenvalue weighted by atomic mass is 10.1. The van der Waals surface area contributed by atoms with E-state index in [9.17, 15) is 0 Å². The summed E-state index contributed by atoms with van der Waals surface area (Å²) >= 11 is 11.6. The van der Waals surface area contributed by atoms with Crippen LogP contribution in [-0.2, 0) is 0 Å². The Balaban J connectivity index is 2.45. The summed E-state index contributed by atoms with van der Waals surface area (Å²) in [5.41, 5.74) is 7.03. The van der Waals surface area contributed by atoms with Crippen LogP contribution in [0.5, 0.6) is 0 Å².